The van der Waals surface area contributed by atoms with E-state index in [0.29, 0.717) is 10.9 Å². The Balaban J connectivity index is 2.85. The molecule has 0 fully saturated rings. The largest absolute Gasteiger partial charge is 0.369 e. The lowest BCUT2D eigenvalue weighted by atomic mass is 10.1. The third kappa shape index (κ3) is 5.65. The molecule has 0 spiro atoms. The molecular weight excluding hydrogens is 263 g/mol. The first-order valence-corrected chi connectivity index (χ1v) is 6.88. The van der Waals surface area contributed by atoms with Crippen molar-refractivity contribution in [1.29, 1.82) is 0 Å². The summed E-state index contributed by atoms with van der Waals surface area (Å²) in [5, 5.41) is 8.73. The molecule has 0 radical (unpaired) electrons. The van der Waals surface area contributed by atoms with E-state index in [4.69, 9.17) is 0 Å². The van der Waals surface area contributed by atoms with Gasteiger partial charge in [-0.3, -0.25) is 0 Å². The molecule has 102 valence electrons. The summed E-state index contributed by atoms with van der Waals surface area (Å²) in [6, 6.07) is 6.15. The highest BCUT2D eigenvalue weighted by atomic mass is 32.2. The van der Waals surface area contributed by atoms with Gasteiger partial charge >= 0.3 is 0 Å². The molecule has 0 saturated heterocycles. The second-order valence-corrected chi connectivity index (χ2v) is 4.76. The Hall–Kier alpha value is -1.69. The number of amidine groups is 1. The summed E-state index contributed by atoms with van der Waals surface area (Å²) in [4.78, 5) is 5.99. The summed E-state index contributed by atoms with van der Waals surface area (Å²) in [6.07, 6.45) is 3.55. The van der Waals surface area contributed by atoms with Crippen LogP contribution in [0.15, 0.2) is 39.5 Å². The predicted octanol–water partition coefficient (Wildman–Crippen LogP) is 2.86. The highest BCUT2D eigenvalue weighted by molar-refractivity contribution is 8.13. The lowest BCUT2D eigenvalue weighted by molar-refractivity contribution is 0.628. The molecule has 4 nitrogen and oxygen atoms in total. The molecule has 6 heteroatoms. The van der Waals surface area contributed by atoms with Crippen molar-refractivity contribution in [2.45, 2.75) is 6.92 Å². The van der Waals surface area contributed by atoms with Crippen LogP contribution in [0.3, 0.4) is 0 Å². The van der Waals surface area contributed by atoms with Gasteiger partial charge in [0.2, 0.25) is 5.17 Å². The fourth-order valence-electron chi connectivity index (χ4n) is 1.15. The Labute approximate surface area is 117 Å². The van der Waals surface area contributed by atoms with Crippen LogP contribution in [-0.2, 0) is 0 Å². The van der Waals surface area contributed by atoms with Gasteiger partial charge in [0.1, 0.15) is 5.82 Å². The number of nitrogens with zero attached hydrogens (tertiary/aromatic N) is 4. The van der Waals surface area contributed by atoms with Gasteiger partial charge in [-0.25, -0.2) is 9.38 Å². The van der Waals surface area contributed by atoms with Crippen LogP contribution >= 0.6 is 11.8 Å². The minimum absolute atomic E-state index is 0.263. The van der Waals surface area contributed by atoms with Gasteiger partial charge < -0.3 is 4.90 Å². The first-order valence-electron chi connectivity index (χ1n) is 5.65. The zero-order valence-corrected chi connectivity index (χ0v) is 12.3. The van der Waals surface area contributed by atoms with E-state index in [1.54, 1.807) is 18.5 Å². The number of halogens is 1. The second-order valence-electron chi connectivity index (χ2n) is 3.99. The van der Waals surface area contributed by atoms with Crippen LogP contribution in [0.2, 0.25) is 0 Å². The van der Waals surface area contributed by atoms with Crippen molar-refractivity contribution in [3.8, 4) is 0 Å². The monoisotopic (exact) mass is 280 g/mol. The van der Waals surface area contributed by atoms with Crippen LogP contribution in [-0.4, -0.2) is 42.5 Å². The number of hydrogen-bond donors (Lipinski definition) is 0. The Morgan fingerprint density at radius 1 is 1.21 bits per heavy atom. The number of thioether (sulfide) groups is 1. The summed E-state index contributed by atoms with van der Waals surface area (Å²) >= 11 is 1.41. The summed E-state index contributed by atoms with van der Waals surface area (Å²) < 4.78 is 12.8. The zero-order chi connectivity index (χ0) is 14.3. The van der Waals surface area contributed by atoms with Gasteiger partial charge in [-0.05, 0) is 30.9 Å². The Kier molecular flexibility index (Phi) is 6.21. The van der Waals surface area contributed by atoms with Crippen LogP contribution in [0.1, 0.15) is 12.5 Å². The minimum atomic E-state index is -0.263. The van der Waals surface area contributed by atoms with Crippen molar-refractivity contribution in [2.24, 2.45) is 15.2 Å². The summed E-state index contributed by atoms with van der Waals surface area (Å²) in [5.41, 5.74) is 1.55. The molecule has 0 aromatic heterocycles. The zero-order valence-electron chi connectivity index (χ0n) is 11.5. The Bertz CT molecular complexity index is 492. The molecule has 1 rings (SSSR count). The molecule has 0 N–H and O–H groups in total. The first-order chi connectivity index (χ1) is 9.02. The van der Waals surface area contributed by atoms with Gasteiger partial charge in [-0.1, -0.05) is 23.9 Å². The molecule has 0 atom stereocenters. The van der Waals surface area contributed by atoms with Gasteiger partial charge in [0.15, 0.2) is 0 Å². The predicted molar refractivity (Wildman–Crippen MR) is 81.7 cm³/mol. The van der Waals surface area contributed by atoms with Crippen LogP contribution in [0.4, 0.5) is 4.39 Å². The third-order valence-electron chi connectivity index (χ3n) is 2.13. The third-order valence-corrected chi connectivity index (χ3v) is 2.68. The van der Waals surface area contributed by atoms with Gasteiger partial charge in [-0.2, -0.15) is 5.10 Å². The SMILES string of the molecule is CSC(N=CN(C)C)=NN=C(C)c1ccc(F)cc1. The maximum atomic E-state index is 12.8. The lowest BCUT2D eigenvalue weighted by Crippen LogP contribution is -2.08. The van der Waals surface area contributed by atoms with Crippen molar-refractivity contribution in [1.82, 2.24) is 4.90 Å². The van der Waals surface area contributed by atoms with Crippen LogP contribution in [0.5, 0.6) is 0 Å². The summed E-state index contributed by atoms with van der Waals surface area (Å²) in [7, 11) is 3.77. The maximum absolute atomic E-state index is 12.8. The van der Waals surface area contributed by atoms with Gasteiger partial charge in [0.05, 0.1) is 12.1 Å². The molecule has 0 saturated carbocycles. The van der Waals surface area contributed by atoms with Crippen molar-refractivity contribution >= 4 is 29.0 Å². The van der Waals surface area contributed by atoms with Crippen LogP contribution in [0, 0.1) is 5.82 Å². The summed E-state index contributed by atoms with van der Waals surface area (Å²) in [5.74, 6) is -0.263. The highest BCUT2D eigenvalue weighted by Crippen LogP contribution is 2.06. The van der Waals surface area contributed by atoms with Gasteiger partial charge in [0, 0.05) is 14.1 Å². The van der Waals surface area contributed by atoms with Gasteiger partial charge in [-0.15, -0.1) is 5.10 Å². The maximum Gasteiger partial charge on any atom is 0.210 e. The number of aliphatic imine (C=N–C) groups is 1. The molecule has 19 heavy (non-hydrogen) atoms. The van der Waals surface area contributed by atoms with Crippen LogP contribution < -0.4 is 0 Å². The lowest BCUT2D eigenvalue weighted by Gasteiger charge is -2.02. The fourth-order valence-corrected chi connectivity index (χ4v) is 1.43. The number of benzene rings is 1. The van der Waals surface area contributed by atoms with Crippen molar-refractivity contribution in [3.63, 3.8) is 0 Å². The average Bonchev–Trinajstić information content (AvgIpc) is 2.39. The highest BCUT2D eigenvalue weighted by Gasteiger charge is 1.98. The molecule has 0 aliphatic heterocycles. The van der Waals surface area contributed by atoms with Crippen molar-refractivity contribution in [2.75, 3.05) is 20.4 Å². The van der Waals surface area contributed by atoms with Gasteiger partial charge in [0.25, 0.3) is 0 Å². The van der Waals surface area contributed by atoms with E-state index in [0.717, 1.165) is 5.56 Å². The quantitative estimate of drug-likeness (QED) is 0.485. The van der Waals surface area contributed by atoms with E-state index in [1.165, 1.54) is 23.9 Å². The molecular formula is C13H17FN4S. The number of rotatable bonds is 3. The molecule has 1 aromatic rings. The number of hydrogen-bond acceptors (Lipinski definition) is 3. The smallest absolute Gasteiger partial charge is 0.210 e. The van der Waals surface area contributed by atoms with E-state index in [2.05, 4.69) is 15.2 Å². The first kappa shape index (κ1) is 15.4. The van der Waals surface area contributed by atoms with E-state index in [-0.39, 0.29) is 5.82 Å². The topological polar surface area (TPSA) is 40.3 Å². The molecule has 0 amide bonds. The summed E-state index contributed by atoms with van der Waals surface area (Å²) in [6.45, 7) is 1.82. The van der Waals surface area contributed by atoms with E-state index in [1.807, 2.05) is 32.2 Å². The Morgan fingerprint density at radius 2 is 1.84 bits per heavy atom. The molecule has 1 aromatic carbocycles. The average molecular weight is 280 g/mol. The minimum Gasteiger partial charge on any atom is -0.369 e. The molecule has 0 bridgehead atoms. The van der Waals surface area contributed by atoms with E-state index < -0.39 is 0 Å². The van der Waals surface area contributed by atoms with Crippen molar-refractivity contribution in [3.05, 3.63) is 35.6 Å². The molecule has 0 unspecified atom stereocenters. The van der Waals surface area contributed by atoms with E-state index in [9.17, 15) is 4.39 Å². The normalized spacial score (nSPS) is 13.1. The molecule has 0 heterocycles. The van der Waals surface area contributed by atoms with Crippen LogP contribution in [0.25, 0.3) is 0 Å². The second kappa shape index (κ2) is 7.68. The Morgan fingerprint density at radius 3 is 2.37 bits per heavy atom. The standard InChI is InChI=1S/C13H17FN4S/c1-10(11-5-7-12(14)8-6-11)16-17-13(19-4)15-9-18(2)3/h5-9H,1-4H3. The molecule has 0 aliphatic carbocycles. The fraction of sp³-hybridized carbons (Fsp3) is 0.308. The van der Waals surface area contributed by atoms with Crippen molar-refractivity contribution < 1.29 is 4.39 Å². The van der Waals surface area contributed by atoms with E-state index >= 15 is 0 Å². The molecule has 0 aliphatic rings.